The Morgan fingerprint density at radius 1 is 1.70 bits per heavy atom. The molecular weight excluding hydrogens is 144 g/mol. The van der Waals surface area contributed by atoms with Crippen LogP contribution in [0.2, 0.25) is 0 Å². The van der Waals surface area contributed by atoms with E-state index >= 15 is 0 Å². The van der Waals surface area contributed by atoms with Crippen LogP contribution < -0.4 is 0 Å². The van der Waals surface area contributed by atoms with E-state index in [0.29, 0.717) is 0 Å². The summed E-state index contributed by atoms with van der Waals surface area (Å²) < 4.78 is 1.96. The van der Waals surface area contributed by atoms with Gasteiger partial charge in [0.1, 0.15) is 6.20 Å². The monoisotopic (exact) mass is 155 g/mol. The fourth-order valence-electron chi connectivity index (χ4n) is 0.895. The first-order valence-corrected chi connectivity index (χ1v) is 4.51. The van der Waals surface area contributed by atoms with Crippen molar-refractivity contribution >= 4 is 11.8 Å². The maximum Gasteiger partial charge on any atom is 0.117 e. The van der Waals surface area contributed by atoms with E-state index in [1.54, 1.807) is 11.8 Å². The van der Waals surface area contributed by atoms with Crippen LogP contribution in [0.1, 0.15) is 12.5 Å². The number of aryl methyl sites for hydroxylation is 2. The average molecular weight is 155 g/mol. The lowest BCUT2D eigenvalue weighted by Crippen LogP contribution is -1.97. The maximum absolute atomic E-state index is 4.08. The first-order chi connectivity index (χ1) is 4.79. The number of aromatic nitrogens is 2. The quantitative estimate of drug-likeness (QED) is 0.605. The second-order valence-corrected chi connectivity index (χ2v) is 2.86. The largest absolute Gasteiger partial charge is 0.258 e. The summed E-state index contributed by atoms with van der Waals surface area (Å²) in [6.07, 6.45) is 4.99. The van der Waals surface area contributed by atoms with Crippen molar-refractivity contribution < 1.29 is 0 Å². The van der Waals surface area contributed by atoms with Gasteiger partial charge in [-0.15, -0.1) is 11.8 Å². The molecule has 0 aliphatic carbocycles. The van der Waals surface area contributed by atoms with Crippen LogP contribution >= 0.6 is 11.8 Å². The normalized spacial score (nSPS) is 10.3. The lowest BCUT2D eigenvalue weighted by Gasteiger charge is -2.00. The van der Waals surface area contributed by atoms with Crippen molar-refractivity contribution in [2.75, 3.05) is 6.26 Å². The number of nitrogens with zero attached hydrogens (tertiary/aromatic N) is 2. The SMILES string of the molecule is CCn1n[c]c(C)c1SC. The molecule has 10 heavy (non-hydrogen) atoms. The molecule has 0 atom stereocenters. The van der Waals surface area contributed by atoms with Crippen molar-refractivity contribution in [1.82, 2.24) is 9.78 Å². The highest BCUT2D eigenvalue weighted by Gasteiger charge is 2.02. The zero-order chi connectivity index (χ0) is 7.56. The number of hydrogen-bond donors (Lipinski definition) is 0. The van der Waals surface area contributed by atoms with Crippen molar-refractivity contribution in [3.8, 4) is 0 Å². The molecule has 1 aromatic heterocycles. The minimum atomic E-state index is 0.931. The molecule has 0 unspecified atom stereocenters. The van der Waals surface area contributed by atoms with Crippen LogP contribution in [0.3, 0.4) is 0 Å². The van der Waals surface area contributed by atoms with Crippen LogP contribution in [0.15, 0.2) is 5.03 Å². The van der Waals surface area contributed by atoms with E-state index in [1.807, 2.05) is 11.6 Å². The van der Waals surface area contributed by atoms with Gasteiger partial charge in [0.05, 0.1) is 5.03 Å². The highest BCUT2D eigenvalue weighted by Crippen LogP contribution is 2.17. The third kappa shape index (κ3) is 1.19. The maximum atomic E-state index is 4.08. The van der Waals surface area contributed by atoms with Gasteiger partial charge in [0, 0.05) is 12.1 Å². The Morgan fingerprint density at radius 2 is 2.40 bits per heavy atom. The van der Waals surface area contributed by atoms with Crippen LogP contribution in [0.4, 0.5) is 0 Å². The van der Waals surface area contributed by atoms with E-state index in [1.165, 1.54) is 5.03 Å². The minimum absolute atomic E-state index is 0.931. The topological polar surface area (TPSA) is 17.8 Å². The molecule has 0 spiro atoms. The van der Waals surface area contributed by atoms with Gasteiger partial charge in [0.2, 0.25) is 0 Å². The van der Waals surface area contributed by atoms with Gasteiger partial charge in [0.25, 0.3) is 0 Å². The molecular formula is C7H11N2S. The predicted molar refractivity (Wildman–Crippen MR) is 43.3 cm³/mol. The van der Waals surface area contributed by atoms with Crippen molar-refractivity contribution in [2.45, 2.75) is 25.4 Å². The minimum Gasteiger partial charge on any atom is -0.258 e. The summed E-state index contributed by atoms with van der Waals surface area (Å²) in [5.74, 6) is 0. The molecule has 1 rings (SSSR count). The fourth-order valence-corrected chi connectivity index (χ4v) is 1.63. The van der Waals surface area contributed by atoms with E-state index in [0.717, 1.165) is 12.1 Å². The van der Waals surface area contributed by atoms with Crippen LogP contribution in [-0.2, 0) is 6.54 Å². The van der Waals surface area contributed by atoms with Gasteiger partial charge in [-0.25, -0.2) is 0 Å². The fraction of sp³-hybridized carbons (Fsp3) is 0.571. The van der Waals surface area contributed by atoms with Gasteiger partial charge in [-0.1, -0.05) is 0 Å². The molecule has 0 amide bonds. The van der Waals surface area contributed by atoms with E-state index in [9.17, 15) is 0 Å². The van der Waals surface area contributed by atoms with Crippen LogP contribution in [-0.4, -0.2) is 16.0 Å². The summed E-state index contributed by atoms with van der Waals surface area (Å²) in [6.45, 7) is 5.05. The molecule has 3 heteroatoms. The van der Waals surface area contributed by atoms with Crippen molar-refractivity contribution in [3.63, 3.8) is 0 Å². The smallest absolute Gasteiger partial charge is 0.117 e. The van der Waals surface area contributed by atoms with Crippen LogP contribution in [0, 0.1) is 13.1 Å². The molecule has 2 nitrogen and oxygen atoms in total. The summed E-state index contributed by atoms with van der Waals surface area (Å²) in [5.41, 5.74) is 1.15. The van der Waals surface area contributed by atoms with Gasteiger partial charge >= 0.3 is 0 Å². The second kappa shape index (κ2) is 3.10. The van der Waals surface area contributed by atoms with Crippen molar-refractivity contribution in [2.24, 2.45) is 0 Å². The van der Waals surface area contributed by atoms with Gasteiger partial charge in [-0.05, 0) is 20.1 Å². The summed E-state index contributed by atoms with van der Waals surface area (Å²) >= 11 is 1.72. The molecule has 0 aliphatic rings. The molecule has 0 bridgehead atoms. The highest BCUT2D eigenvalue weighted by molar-refractivity contribution is 7.98. The molecule has 0 saturated heterocycles. The highest BCUT2D eigenvalue weighted by atomic mass is 32.2. The second-order valence-electron chi connectivity index (χ2n) is 2.06. The number of thioether (sulfide) groups is 1. The summed E-state index contributed by atoms with van der Waals surface area (Å²) in [5, 5.41) is 5.30. The summed E-state index contributed by atoms with van der Waals surface area (Å²) in [4.78, 5) is 0. The Kier molecular flexibility index (Phi) is 2.38. The van der Waals surface area contributed by atoms with E-state index in [2.05, 4.69) is 24.5 Å². The molecule has 1 radical (unpaired) electrons. The predicted octanol–water partition coefficient (Wildman–Crippen LogP) is 1.73. The first kappa shape index (κ1) is 7.66. The molecule has 1 aromatic rings. The first-order valence-electron chi connectivity index (χ1n) is 3.28. The summed E-state index contributed by atoms with van der Waals surface area (Å²) in [6, 6.07) is 0. The van der Waals surface area contributed by atoms with E-state index < -0.39 is 0 Å². The molecule has 0 fully saturated rings. The van der Waals surface area contributed by atoms with Crippen LogP contribution in [0.25, 0.3) is 0 Å². The zero-order valence-corrected chi connectivity index (χ0v) is 7.33. The van der Waals surface area contributed by atoms with Gasteiger partial charge < -0.3 is 0 Å². The standard InChI is InChI=1S/C7H11N2S/c1-4-9-7(10-3)6(2)5-8-9/h4H2,1-3H3. The van der Waals surface area contributed by atoms with E-state index in [4.69, 9.17) is 0 Å². The molecule has 0 aromatic carbocycles. The van der Waals surface area contributed by atoms with Gasteiger partial charge in [-0.3, -0.25) is 4.68 Å². The molecule has 1 heterocycles. The van der Waals surface area contributed by atoms with Gasteiger partial charge in [-0.2, -0.15) is 5.10 Å². The molecule has 0 saturated carbocycles. The Balaban J connectivity index is 3.01. The number of hydrogen-bond acceptors (Lipinski definition) is 2. The summed E-state index contributed by atoms with van der Waals surface area (Å²) in [7, 11) is 0. The Labute approximate surface area is 65.6 Å². The third-order valence-corrected chi connectivity index (χ3v) is 2.29. The Bertz CT molecular complexity index is 217. The van der Waals surface area contributed by atoms with Gasteiger partial charge in [0.15, 0.2) is 0 Å². The average Bonchev–Trinajstić information content (AvgIpc) is 2.30. The van der Waals surface area contributed by atoms with Crippen molar-refractivity contribution in [1.29, 1.82) is 0 Å². The Hall–Kier alpha value is -0.440. The van der Waals surface area contributed by atoms with E-state index in [-0.39, 0.29) is 0 Å². The molecule has 0 N–H and O–H groups in total. The number of rotatable bonds is 2. The third-order valence-electron chi connectivity index (χ3n) is 1.39. The molecule has 55 valence electrons. The Morgan fingerprint density at radius 3 is 2.80 bits per heavy atom. The lowest BCUT2D eigenvalue weighted by atomic mass is 10.4. The molecule has 0 aliphatic heterocycles. The lowest BCUT2D eigenvalue weighted by molar-refractivity contribution is 0.603. The zero-order valence-electron chi connectivity index (χ0n) is 6.51. The van der Waals surface area contributed by atoms with Crippen molar-refractivity contribution in [3.05, 3.63) is 11.8 Å². The van der Waals surface area contributed by atoms with Crippen LogP contribution in [0.5, 0.6) is 0 Å².